The van der Waals surface area contributed by atoms with E-state index in [0.29, 0.717) is 36.8 Å². The number of amides is 3. The molecule has 172 valence electrons. The van der Waals surface area contributed by atoms with Gasteiger partial charge in [0.05, 0.1) is 5.56 Å². The molecule has 0 radical (unpaired) electrons. The normalized spacial score (nSPS) is 15.4. The third-order valence-electron chi connectivity index (χ3n) is 5.49. The van der Waals surface area contributed by atoms with Gasteiger partial charge in [-0.2, -0.15) is 4.98 Å². The molecule has 10 nitrogen and oxygen atoms in total. The van der Waals surface area contributed by atoms with Crippen LogP contribution in [0.3, 0.4) is 0 Å². The van der Waals surface area contributed by atoms with Crippen LogP contribution in [0.5, 0.6) is 0 Å². The summed E-state index contributed by atoms with van der Waals surface area (Å²) in [6.07, 6.45) is 9.34. The third kappa shape index (κ3) is 6.60. The SMILES string of the molecule is CC(=O)NC1(c2noc(CCC(=O)NCCNC(=O)c3cccnc3)n2)CCCCCC1. The van der Waals surface area contributed by atoms with Gasteiger partial charge < -0.3 is 20.5 Å². The Morgan fingerprint density at radius 2 is 1.84 bits per heavy atom. The van der Waals surface area contributed by atoms with Gasteiger partial charge in [-0.05, 0) is 25.0 Å². The number of aromatic nitrogens is 3. The lowest BCUT2D eigenvalue weighted by molar-refractivity contribution is -0.122. The van der Waals surface area contributed by atoms with E-state index in [2.05, 4.69) is 31.1 Å². The molecule has 0 unspecified atom stereocenters. The van der Waals surface area contributed by atoms with Crippen LogP contribution in [0.2, 0.25) is 0 Å². The number of nitrogens with zero attached hydrogens (tertiary/aromatic N) is 3. The summed E-state index contributed by atoms with van der Waals surface area (Å²) >= 11 is 0. The molecule has 1 saturated carbocycles. The van der Waals surface area contributed by atoms with Crippen LogP contribution in [0.1, 0.15) is 73.9 Å². The van der Waals surface area contributed by atoms with E-state index in [4.69, 9.17) is 4.52 Å². The molecule has 1 fully saturated rings. The maximum atomic E-state index is 12.1. The Hall–Kier alpha value is -3.30. The number of carbonyl (C=O) groups excluding carboxylic acids is 3. The van der Waals surface area contributed by atoms with Gasteiger partial charge in [-0.25, -0.2) is 0 Å². The van der Waals surface area contributed by atoms with Gasteiger partial charge in [0.15, 0.2) is 5.82 Å². The van der Waals surface area contributed by atoms with Crippen LogP contribution in [0.25, 0.3) is 0 Å². The van der Waals surface area contributed by atoms with Crippen molar-refractivity contribution < 1.29 is 18.9 Å². The zero-order valence-electron chi connectivity index (χ0n) is 18.4. The molecule has 3 amide bonds. The number of pyridine rings is 1. The highest BCUT2D eigenvalue weighted by molar-refractivity contribution is 5.93. The fraction of sp³-hybridized carbons (Fsp3) is 0.545. The minimum Gasteiger partial charge on any atom is -0.354 e. The topological polar surface area (TPSA) is 139 Å². The van der Waals surface area contributed by atoms with Crippen molar-refractivity contribution in [2.24, 2.45) is 0 Å². The molecule has 0 atom stereocenters. The van der Waals surface area contributed by atoms with Crippen molar-refractivity contribution in [3.63, 3.8) is 0 Å². The van der Waals surface area contributed by atoms with Gasteiger partial charge in [-0.15, -0.1) is 0 Å². The number of nitrogens with one attached hydrogen (secondary N) is 3. The summed E-state index contributed by atoms with van der Waals surface area (Å²) in [6, 6.07) is 3.36. The first-order valence-corrected chi connectivity index (χ1v) is 11.1. The molecule has 0 spiro atoms. The van der Waals surface area contributed by atoms with Crippen molar-refractivity contribution in [1.29, 1.82) is 0 Å². The van der Waals surface area contributed by atoms with Gasteiger partial charge in [0.25, 0.3) is 5.91 Å². The van der Waals surface area contributed by atoms with E-state index in [-0.39, 0.29) is 24.1 Å². The molecule has 32 heavy (non-hydrogen) atoms. The average molecular weight is 443 g/mol. The summed E-state index contributed by atoms with van der Waals surface area (Å²) in [5.74, 6) is 0.328. The van der Waals surface area contributed by atoms with E-state index in [1.54, 1.807) is 18.3 Å². The number of hydrogen-bond acceptors (Lipinski definition) is 7. The minimum atomic E-state index is -0.598. The van der Waals surface area contributed by atoms with Crippen molar-refractivity contribution in [3.05, 3.63) is 41.8 Å². The fourth-order valence-electron chi connectivity index (χ4n) is 3.91. The molecule has 3 rings (SSSR count). The van der Waals surface area contributed by atoms with Gasteiger partial charge >= 0.3 is 0 Å². The standard InChI is InChI=1S/C22H30N6O4/c1-16(29)27-22(10-4-2-3-5-11-22)21-26-19(32-28-21)9-8-18(30)24-13-14-25-20(31)17-7-6-12-23-15-17/h6-7,12,15H,2-5,8-11,13-14H2,1H3,(H,24,30)(H,25,31)(H,27,29). The maximum absolute atomic E-state index is 12.1. The number of hydrogen-bond donors (Lipinski definition) is 3. The van der Waals surface area contributed by atoms with Crippen molar-refractivity contribution >= 4 is 17.7 Å². The molecular weight excluding hydrogens is 412 g/mol. The highest BCUT2D eigenvalue weighted by Gasteiger charge is 2.38. The summed E-state index contributed by atoms with van der Waals surface area (Å²) < 4.78 is 5.37. The van der Waals surface area contributed by atoms with Crippen LogP contribution in [-0.2, 0) is 21.5 Å². The first kappa shape index (κ1) is 23.4. The molecule has 1 aliphatic rings. The highest BCUT2D eigenvalue weighted by Crippen LogP contribution is 2.34. The summed E-state index contributed by atoms with van der Waals surface area (Å²) in [5.41, 5.74) is -0.129. The predicted molar refractivity (Wildman–Crippen MR) is 115 cm³/mol. The lowest BCUT2D eigenvalue weighted by atomic mass is 9.89. The Bertz CT molecular complexity index is 906. The van der Waals surface area contributed by atoms with E-state index in [1.165, 1.54) is 13.1 Å². The minimum absolute atomic E-state index is 0.117. The molecule has 0 bridgehead atoms. The Balaban J connectivity index is 1.44. The van der Waals surface area contributed by atoms with E-state index < -0.39 is 5.54 Å². The van der Waals surface area contributed by atoms with E-state index in [0.717, 1.165) is 38.5 Å². The summed E-state index contributed by atoms with van der Waals surface area (Å²) in [5, 5.41) is 12.6. The number of carbonyl (C=O) groups is 3. The number of rotatable bonds is 9. The molecule has 1 aliphatic carbocycles. The van der Waals surface area contributed by atoms with Crippen LogP contribution in [0, 0.1) is 0 Å². The van der Waals surface area contributed by atoms with E-state index >= 15 is 0 Å². The second-order valence-corrected chi connectivity index (χ2v) is 8.04. The van der Waals surface area contributed by atoms with Crippen LogP contribution < -0.4 is 16.0 Å². The van der Waals surface area contributed by atoms with E-state index in [1.807, 2.05) is 0 Å². The molecule has 0 aliphatic heterocycles. The van der Waals surface area contributed by atoms with Gasteiger partial charge in [0.2, 0.25) is 17.7 Å². The van der Waals surface area contributed by atoms with Crippen molar-refractivity contribution in [2.45, 2.75) is 63.8 Å². The Morgan fingerprint density at radius 3 is 2.53 bits per heavy atom. The van der Waals surface area contributed by atoms with E-state index in [9.17, 15) is 14.4 Å². The van der Waals surface area contributed by atoms with Crippen LogP contribution in [-0.4, -0.2) is 45.9 Å². The number of aryl methyl sites for hydroxylation is 1. The largest absolute Gasteiger partial charge is 0.354 e. The van der Waals surface area contributed by atoms with Gasteiger partial charge in [0, 0.05) is 45.2 Å². The van der Waals surface area contributed by atoms with Crippen molar-refractivity contribution in [2.75, 3.05) is 13.1 Å². The van der Waals surface area contributed by atoms with Crippen molar-refractivity contribution in [1.82, 2.24) is 31.1 Å². The monoisotopic (exact) mass is 442 g/mol. The molecule has 2 aromatic rings. The lowest BCUT2D eigenvalue weighted by Gasteiger charge is -2.30. The summed E-state index contributed by atoms with van der Waals surface area (Å²) in [6.45, 7) is 2.12. The Morgan fingerprint density at radius 1 is 1.09 bits per heavy atom. The molecular formula is C22H30N6O4. The van der Waals surface area contributed by atoms with Gasteiger partial charge in [-0.3, -0.25) is 19.4 Å². The van der Waals surface area contributed by atoms with Gasteiger partial charge in [0.1, 0.15) is 5.54 Å². The van der Waals surface area contributed by atoms with Crippen molar-refractivity contribution in [3.8, 4) is 0 Å². The molecule has 10 heteroatoms. The maximum Gasteiger partial charge on any atom is 0.252 e. The summed E-state index contributed by atoms with van der Waals surface area (Å²) in [4.78, 5) is 44.2. The quantitative estimate of drug-likeness (QED) is 0.396. The zero-order chi connectivity index (χ0) is 22.8. The van der Waals surface area contributed by atoms with Crippen LogP contribution in [0.15, 0.2) is 29.0 Å². The smallest absolute Gasteiger partial charge is 0.252 e. The molecule has 0 aromatic carbocycles. The summed E-state index contributed by atoms with van der Waals surface area (Å²) in [7, 11) is 0. The first-order chi connectivity index (χ1) is 15.5. The second-order valence-electron chi connectivity index (χ2n) is 8.04. The second kappa shape index (κ2) is 11.4. The Labute approximate surface area is 186 Å². The molecule has 3 N–H and O–H groups in total. The lowest BCUT2D eigenvalue weighted by Crippen LogP contribution is -2.45. The first-order valence-electron chi connectivity index (χ1n) is 11.1. The van der Waals surface area contributed by atoms with Gasteiger partial charge in [-0.1, -0.05) is 30.8 Å². The van der Waals surface area contributed by atoms with Crippen LogP contribution >= 0.6 is 0 Å². The zero-order valence-corrected chi connectivity index (χ0v) is 18.4. The molecule has 2 heterocycles. The highest BCUT2D eigenvalue weighted by atomic mass is 16.5. The fourth-order valence-corrected chi connectivity index (χ4v) is 3.91. The molecule has 2 aromatic heterocycles. The molecule has 0 saturated heterocycles. The third-order valence-corrected chi connectivity index (χ3v) is 5.49. The average Bonchev–Trinajstić information content (AvgIpc) is 3.15. The predicted octanol–water partition coefficient (Wildman–Crippen LogP) is 1.63. The van der Waals surface area contributed by atoms with Crippen LogP contribution in [0.4, 0.5) is 0 Å². The Kier molecular flexibility index (Phi) is 8.29.